The first-order valence-corrected chi connectivity index (χ1v) is 9.70. The third-order valence-corrected chi connectivity index (χ3v) is 4.52. The summed E-state index contributed by atoms with van der Waals surface area (Å²) in [5, 5.41) is 6.21. The second kappa shape index (κ2) is 9.00. The van der Waals surface area contributed by atoms with E-state index in [1.165, 1.54) is 0 Å². The maximum absolute atomic E-state index is 12.2. The second-order valence-corrected chi connectivity index (χ2v) is 6.86. The number of imidazole rings is 1. The molecule has 2 aromatic carbocycles. The Bertz CT molecular complexity index is 1110. The highest BCUT2D eigenvalue weighted by Gasteiger charge is 2.06. The summed E-state index contributed by atoms with van der Waals surface area (Å²) in [4.78, 5) is 25.1. The van der Waals surface area contributed by atoms with E-state index in [9.17, 15) is 4.79 Å². The smallest absolute Gasteiger partial charge is 0.224 e. The van der Waals surface area contributed by atoms with Crippen molar-refractivity contribution in [1.29, 1.82) is 0 Å². The van der Waals surface area contributed by atoms with Gasteiger partial charge in [-0.15, -0.1) is 0 Å². The van der Waals surface area contributed by atoms with Crippen LogP contribution in [0.5, 0.6) is 0 Å². The molecular formula is C23H22N6O. The first-order chi connectivity index (χ1) is 14.7. The lowest BCUT2D eigenvalue weighted by Crippen LogP contribution is -2.12. The molecule has 4 aromatic rings. The van der Waals surface area contributed by atoms with E-state index in [1.807, 2.05) is 78.4 Å². The molecule has 2 heterocycles. The molecule has 0 fully saturated rings. The number of nitrogens with zero attached hydrogens (tertiary/aromatic N) is 4. The van der Waals surface area contributed by atoms with Gasteiger partial charge in [0.15, 0.2) is 0 Å². The van der Waals surface area contributed by atoms with Crippen LogP contribution in [0.25, 0.3) is 5.82 Å². The molecule has 0 radical (unpaired) electrons. The van der Waals surface area contributed by atoms with E-state index in [-0.39, 0.29) is 5.91 Å². The second-order valence-electron chi connectivity index (χ2n) is 6.86. The van der Waals surface area contributed by atoms with Crippen molar-refractivity contribution >= 4 is 23.1 Å². The number of amides is 1. The number of carbonyl (C=O) groups is 1. The van der Waals surface area contributed by atoms with Crippen LogP contribution in [0.2, 0.25) is 0 Å². The molecule has 0 bridgehead atoms. The number of rotatable bonds is 7. The maximum atomic E-state index is 12.2. The lowest BCUT2D eigenvalue weighted by atomic mass is 10.1. The number of hydrogen-bond donors (Lipinski definition) is 2. The van der Waals surface area contributed by atoms with Crippen LogP contribution >= 0.6 is 0 Å². The maximum Gasteiger partial charge on any atom is 0.224 e. The van der Waals surface area contributed by atoms with E-state index in [0.29, 0.717) is 18.1 Å². The number of carbonyl (C=O) groups excluding carboxylic acids is 1. The Morgan fingerprint density at radius 3 is 2.50 bits per heavy atom. The van der Waals surface area contributed by atoms with E-state index in [4.69, 9.17) is 0 Å². The minimum absolute atomic E-state index is 0.00374. The summed E-state index contributed by atoms with van der Waals surface area (Å²) in [5.41, 5.74) is 2.78. The van der Waals surface area contributed by atoms with Crippen LogP contribution < -0.4 is 10.6 Å². The Balaban J connectivity index is 1.36. The van der Waals surface area contributed by atoms with Gasteiger partial charge in [0.1, 0.15) is 23.8 Å². The monoisotopic (exact) mass is 398 g/mol. The van der Waals surface area contributed by atoms with E-state index in [2.05, 4.69) is 25.6 Å². The van der Waals surface area contributed by atoms with Crippen LogP contribution in [0.4, 0.5) is 17.2 Å². The number of aromatic nitrogens is 4. The molecule has 30 heavy (non-hydrogen) atoms. The van der Waals surface area contributed by atoms with Crippen LogP contribution in [0.1, 0.15) is 17.8 Å². The van der Waals surface area contributed by atoms with E-state index in [1.54, 1.807) is 12.5 Å². The van der Waals surface area contributed by atoms with Gasteiger partial charge >= 0.3 is 0 Å². The van der Waals surface area contributed by atoms with E-state index < -0.39 is 0 Å². The average molecular weight is 398 g/mol. The highest BCUT2D eigenvalue weighted by Crippen LogP contribution is 2.19. The summed E-state index contributed by atoms with van der Waals surface area (Å²) in [6, 6.07) is 19.4. The third-order valence-electron chi connectivity index (χ3n) is 4.52. The number of hydrogen-bond acceptors (Lipinski definition) is 5. The Hall–Kier alpha value is -4.00. The van der Waals surface area contributed by atoms with Gasteiger partial charge in [0.05, 0.1) is 0 Å². The van der Waals surface area contributed by atoms with Gasteiger partial charge in [0, 0.05) is 36.3 Å². The predicted octanol–water partition coefficient (Wildman–Crippen LogP) is 4.29. The average Bonchev–Trinajstić information content (AvgIpc) is 3.29. The molecule has 0 saturated heterocycles. The summed E-state index contributed by atoms with van der Waals surface area (Å²) < 4.78 is 1.83. The molecule has 7 nitrogen and oxygen atoms in total. The number of nitrogens with one attached hydrogen (secondary N) is 2. The number of anilines is 3. The molecule has 4 rings (SSSR count). The normalized spacial score (nSPS) is 10.6. The zero-order valence-corrected chi connectivity index (χ0v) is 16.6. The SMILES string of the molecule is Cc1nc(Nc2ccc(NC(=O)CCc3ccccc3)cc2)cc(-n2ccnc2)n1. The van der Waals surface area contributed by atoms with Crippen molar-refractivity contribution in [3.63, 3.8) is 0 Å². The molecule has 2 aromatic heterocycles. The summed E-state index contributed by atoms with van der Waals surface area (Å²) in [5.74, 6) is 2.08. The van der Waals surface area contributed by atoms with Gasteiger partial charge in [0.2, 0.25) is 5.91 Å². The minimum Gasteiger partial charge on any atom is -0.340 e. The quantitative estimate of drug-likeness (QED) is 0.485. The van der Waals surface area contributed by atoms with E-state index in [0.717, 1.165) is 29.2 Å². The topological polar surface area (TPSA) is 84.7 Å². The Morgan fingerprint density at radius 1 is 1.00 bits per heavy atom. The summed E-state index contributed by atoms with van der Waals surface area (Å²) >= 11 is 0. The molecule has 0 unspecified atom stereocenters. The van der Waals surface area contributed by atoms with Crippen LogP contribution in [0.15, 0.2) is 79.4 Å². The lowest BCUT2D eigenvalue weighted by Gasteiger charge is -2.10. The fraction of sp³-hybridized carbons (Fsp3) is 0.130. The van der Waals surface area contributed by atoms with E-state index >= 15 is 0 Å². The lowest BCUT2D eigenvalue weighted by molar-refractivity contribution is -0.116. The molecule has 0 aliphatic heterocycles. The number of benzene rings is 2. The van der Waals surface area contributed by atoms with Crippen molar-refractivity contribution in [1.82, 2.24) is 19.5 Å². The summed E-state index contributed by atoms with van der Waals surface area (Å²) in [6.07, 6.45) is 6.40. The van der Waals surface area contributed by atoms with Gasteiger partial charge in [-0.3, -0.25) is 9.36 Å². The molecule has 7 heteroatoms. The standard InChI is InChI=1S/C23H22N6O/c1-17-25-21(15-22(26-17)29-14-13-24-16-29)27-19-8-10-20(11-9-19)28-23(30)12-7-18-5-3-2-4-6-18/h2-6,8-11,13-16H,7,12H2,1H3,(H,28,30)(H,25,26,27). The summed E-state index contributed by atoms with van der Waals surface area (Å²) in [7, 11) is 0. The molecule has 2 N–H and O–H groups in total. The first kappa shape index (κ1) is 19.3. The zero-order chi connectivity index (χ0) is 20.8. The highest BCUT2D eigenvalue weighted by molar-refractivity contribution is 5.91. The minimum atomic E-state index is -0.00374. The molecule has 1 amide bonds. The van der Waals surface area contributed by atoms with Gasteiger partial charge in [-0.1, -0.05) is 30.3 Å². The zero-order valence-electron chi connectivity index (χ0n) is 16.6. The Morgan fingerprint density at radius 2 is 1.77 bits per heavy atom. The van der Waals surface area contributed by atoms with Crippen LogP contribution in [-0.4, -0.2) is 25.4 Å². The van der Waals surface area contributed by atoms with Crippen LogP contribution in [0, 0.1) is 6.92 Å². The molecule has 150 valence electrons. The summed E-state index contributed by atoms with van der Waals surface area (Å²) in [6.45, 7) is 1.85. The van der Waals surface area contributed by atoms with Crippen molar-refractivity contribution in [2.75, 3.05) is 10.6 Å². The van der Waals surface area contributed by atoms with Gasteiger partial charge in [0.25, 0.3) is 0 Å². The molecular weight excluding hydrogens is 376 g/mol. The molecule has 0 aliphatic carbocycles. The first-order valence-electron chi connectivity index (χ1n) is 9.70. The number of aryl methyl sites for hydroxylation is 2. The highest BCUT2D eigenvalue weighted by atomic mass is 16.1. The van der Waals surface area contributed by atoms with Crippen molar-refractivity contribution in [2.24, 2.45) is 0 Å². The molecule has 0 spiro atoms. The largest absolute Gasteiger partial charge is 0.340 e. The van der Waals surface area contributed by atoms with Crippen molar-refractivity contribution in [3.8, 4) is 5.82 Å². The van der Waals surface area contributed by atoms with Gasteiger partial charge in [-0.25, -0.2) is 15.0 Å². The fourth-order valence-corrected chi connectivity index (χ4v) is 3.05. The Labute approximate surface area is 174 Å². The van der Waals surface area contributed by atoms with Gasteiger partial charge < -0.3 is 10.6 Å². The van der Waals surface area contributed by atoms with Gasteiger partial charge in [-0.2, -0.15) is 0 Å². The molecule has 0 aliphatic rings. The van der Waals surface area contributed by atoms with Crippen molar-refractivity contribution in [3.05, 3.63) is 90.8 Å². The van der Waals surface area contributed by atoms with Crippen molar-refractivity contribution < 1.29 is 4.79 Å². The van der Waals surface area contributed by atoms with Gasteiger partial charge in [-0.05, 0) is 43.2 Å². The molecule has 0 atom stereocenters. The van der Waals surface area contributed by atoms with Crippen LogP contribution in [-0.2, 0) is 11.2 Å². The fourth-order valence-electron chi connectivity index (χ4n) is 3.05. The van der Waals surface area contributed by atoms with Crippen molar-refractivity contribution in [2.45, 2.75) is 19.8 Å². The Kier molecular flexibility index (Phi) is 5.80. The molecule has 0 saturated carbocycles. The van der Waals surface area contributed by atoms with Crippen LogP contribution in [0.3, 0.4) is 0 Å². The predicted molar refractivity (Wildman–Crippen MR) is 117 cm³/mol. The third kappa shape index (κ3) is 5.08.